The van der Waals surface area contributed by atoms with Crippen LogP contribution in [0, 0.1) is 10.1 Å². The van der Waals surface area contributed by atoms with Crippen molar-refractivity contribution in [1.82, 2.24) is 4.98 Å². The van der Waals surface area contributed by atoms with Gasteiger partial charge in [0, 0.05) is 13.1 Å². The van der Waals surface area contributed by atoms with Crippen LogP contribution in [-0.2, 0) is 10.0 Å². The number of pyridine rings is 1. The molecule has 1 aromatic heterocycles. The molecule has 0 atom stereocenters. The van der Waals surface area contributed by atoms with Crippen molar-refractivity contribution in [1.29, 1.82) is 0 Å². The fourth-order valence-corrected chi connectivity index (χ4v) is 1.76. The standard InChI is InChI=1S/C10H17N5O4S/c1-2-3-12-9-6-8(15(16)17)7-10(14-9)13-4-5-20(11,18)19/h6-7H,2-5H2,1H3,(H2,11,18,19)(H2,12,13,14). The summed E-state index contributed by atoms with van der Waals surface area (Å²) in [6.07, 6.45) is 0.846. The van der Waals surface area contributed by atoms with Crippen molar-refractivity contribution < 1.29 is 13.3 Å². The van der Waals surface area contributed by atoms with Crippen LogP contribution in [0.2, 0.25) is 0 Å². The first-order valence-corrected chi connectivity index (χ1v) is 7.68. The van der Waals surface area contributed by atoms with Gasteiger partial charge in [-0.1, -0.05) is 6.92 Å². The molecule has 0 unspecified atom stereocenters. The molecular formula is C10H17N5O4S. The lowest BCUT2D eigenvalue weighted by Gasteiger charge is -2.08. The monoisotopic (exact) mass is 303 g/mol. The minimum Gasteiger partial charge on any atom is -0.370 e. The second-order valence-corrected chi connectivity index (χ2v) is 5.81. The average molecular weight is 303 g/mol. The quantitative estimate of drug-likeness (QED) is 0.469. The Morgan fingerprint density at radius 2 is 1.85 bits per heavy atom. The van der Waals surface area contributed by atoms with Crippen LogP contribution in [0.15, 0.2) is 12.1 Å². The number of nitro groups is 1. The summed E-state index contributed by atoms with van der Waals surface area (Å²) in [5.41, 5.74) is -0.128. The molecule has 0 fully saturated rings. The van der Waals surface area contributed by atoms with Gasteiger partial charge < -0.3 is 10.6 Å². The normalized spacial score (nSPS) is 11.1. The second kappa shape index (κ2) is 7.01. The van der Waals surface area contributed by atoms with Crippen molar-refractivity contribution in [2.75, 3.05) is 29.5 Å². The lowest BCUT2D eigenvalue weighted by Crippen LogP contribution is -2.22. The number of hydrogen-bond donors (Lipinski definition) is 3. The summed E-state index contributed by atoms with van der Waals surface area (Å²) in [5, 5.41) is 21.3. The third-order valence-electron chi connectivity index (χ3n) is 2.27. The molecular weight excluding hydrogens is 286 g/mol. The van der Waals surface area contributed by atoms with Crippen LogP contribution in [0.5, 0.6) is 0 Å². The first-order valence-electron chi connectivity index (χ1n) is 5.96. The molecule has 0 aliphatic heterocycles. The number of primary sulfonamides is 1. The van der Waals surface area contributed by atoms with E-state index in [1.807, 2.05) is 6.92 Å². The molecule has 0 aliphatic carbocycles. The number of hydrogen-bond acceptors (Lipinski definition) is 7. The summed E-state index contributed by atoms with van der Waals surface area (Å²) in [6, 6.07) is 2.56. The van der Waals surface area contributed by atoms with E-state index in [1.165, 1.54) is 12.1 Å². The molecule has 0 bridgehead atoms. The van der Waals surface area contributed by atoms with E-state index in [0.29, 0.717) is 12.4 Å². The molecule has 4 N–H and O–H groups in total. The van der Waals surface area contributed by atoms with E-state index in [-0.39, 0.29) is 23.8 Å². The Hall–Kier alpha value is -1.94. The smallest absolute Gasteiger partial charge is 0.276 e. The molecule has 0 aromatic carbocycles. The van der Waals surface area contributed by atoms with Gasteiger partial charge in [-0.2, -0.15) is 0 Å². The summed E-state index contributed by atoms with van der Waals surface area (Å²) in [7, 11) is -3.58. The van der Waals surface area contributed by atoms with Crippen molar-refractivity contribution >= 4 is 27.3 Å². The lowest BCUT2D eigenvalue weighted by molar-refractivity contribution is -0.384. The minimum absolute atomic E-state index is 0.0280. The molecule has 0 spiro atoms. The highest BCUT2D eigenvalue weighted by Gasteiger charge is 2.11. The summed E-state index contributed by atoms with van der Waals surface area (Å²) in [6.45, 7) is 2.61. The first-order chi connectivity index (χ1) is 9.31. The molecule has 9 nitrogen and oxygen atoms in total. The zero-order valence-electron chi connectivity index (χ0n) is 11.0. The van der Waals surface area contributed by atoms with Gasteiger partial charge in [0.1, 0.15) is 11.6 Å². The number of sulfonamides is 1. The Bertz CT molecular complexity index is 575. The highest BCUT2D eigenvalue weighted by atomic mass is 32.2. The Morgan fingerprint density at radius 1 is 1.30 bits per heavy atom. The molecule has 0 amide bonds. The van der Waals surface area contributed by atoms with Gasteiger partial charge in [0.15, 0.2) is 0 Å². The summed E-state index contributed by atoms with van der Waals surface area (Å²) in [5.74, 6) is 0.301. The highest BCUT2D eigenvalue weighted by Crippen LogP contribution is 2.20. The molecule has 1 aromatic rings. The van der Waals surface area contributed by atoms with Crippen LogP contribution in [0.25, 0.3) is 0 Å². The van der Waals surface area contributed by atoms with Gasteiger partial charge in [-0.25, -0.2) is 18.5 Å². The largest absolute Gasteiger partial charge is 0.370 e. The van der Waals surface area contributed by atoms with E-state index in [0.717, 1.165) is 6.42 Å². The van der Waals surface area contributed by atoms with Crippen molar-refractivity contribution in [3.05, 3.63) is 22.2 Å². The third kappa shape index (κ3) is 5.80. The van der Waals surface area contributed by atoms with Crippen LogP contribution in [0.1, 0.15) is 13.3 Å². The Labute approximate surface area is 116 Å². The predicted molar refractivity (Wildman–Crippen MR) is 76.1 cm³/mol. The molecule has 10 heteroatoms. The van der Waals surface area contributed by atoms with Gasteiger partial charge in [0.25, 0.3) is 5.69 Å². The number of nitrogens with two attached hydrogens (primary N) is 1. The van der Waals surface area contributed by atoms with E-state index in [1.54, 1.807) is 0 Å². The van der Waals surface area contributed by atoms with Gasteiger partial charge in [-0.3, -0.25) is 10.1 Å². The van der Waals surface area contributed by atoms with Crippen LogP contribution < -0.4 is 15.8 Å². The molecule has 0 aliphatic rings. The summed E-state index contributed by atoms with van der Waals surface area (Å²) >= 11 is 0. The van der Waals surface area contributed by atoms with Gasteiger partial charge >= 0.3 is 0 Å². The van der Waals surface area contributed by atoms with E-state index in [9.17, 15) is 18.5 Å². The van der Waals surface area contributed by atoms with Crippen molar-refractivity contribution in [3.8, 4) is 0 Å². The third-order valence-corrected chi connectivity index (χ3v) is 3.04. The minimum atomic E-state index is -3.58. The predicted octanol–water partition coefficient (Wildman–Crippen LogP) is 0.512. The van der Waals surface area contributed by atoms with Gasteiger partial charge in [-0.15, -0.1) is 0 Å². The molecule has 0 saturated carbocycles. The van der Waals surface area contributed by atoms with E-state index < -0.39 is 14.9 Å². The fraction of sp³-hybridized carbons (Fsp3) is 0.500. The van der Waals surface area contributed by atoms with Gasteiger partial charge in [-0.05, 0) is 6.42 Å². The van der Waals surface area contributed by atoms with Crippen molar-refractivity contribution in [2.24, 2.45) is 5.14 Å². The zero-order valence-corrected chi connectivity index (χ0v) is 11.8. The summed E-state index contributed by atoms with van der Waals surface area (Å²) in [4.78, 5) is 14.4. The van der Waals surface area contributed by atoms with Crippen LogP contribution in [-0.4, -0.2) is 37.2 Å². The number of nitrogens with zero attached hydrogens (tertiary/aromatic N) is 2. The van der Waals surface area contributed by atoms with Crippen LogP contribution in [0.3, 0.4) is 0 Å². The molecule has 1 rings (SSSR count). The molecule has 1 heterocycles. The number of rotatable bonds is 8. The highest BCUT2D eigenvalue weighted by molar-refractivity contribution is 7.89. The van der Waals surface area contributed by atoms with E-state index >= 15 is 0 Å². The van der Waals surface area contributed by atoms with E-state index in [2.05, 4.69) is 15.6 Å². The fourth-order valence-electron chi connectivity index (χ4n) is 1.38. The van der Waals surface area contributed by atoms with Gasteiger partial charge in [0.05, 0.1) is 22.8 Å². The average Bonchev–Trinajstić information content (AvgIpc) is 2.34. The first kappa shape index (κ1) is 16.1. The number of nitrogens with one attached hydrogen (secondary N) is 2. The maximum atomic E-state index is 10.8. The second-order valence-electron chi connectivity index (χ2n) is 4.07. The van der Waals surface area contributed by atoms with E-state index in [4.69, 9.17) is 5.14 Å². The number of anilines is 2. The SMILES string of the molecule is CCCNc1cc([N+](=O)[O-])cc(NCCS(N)(=O)=O)n1. The maximum Gasteiger partial charge on any atom is 0.276 e. The molecule has 0 saturated heterocycles. The molecule has 112 valence electrons. The Morgan fingerprint density at radius 3 is 2.30 bits per heavy atom. The lowest BCUT2D eigenvalue weighted by atomic mass is 10.3. The number of aromatic nitrogens is 1. The maximum absolute atomic E-state index is 10.8. The molecule has 20 heavy (non-hydrogen) atoms. The topological polar surface area (TPSA) is 140 Å². The Kier molecular flexibility index (Phi) is 5.65. The zero-order chi connectivity index (χ0) is 15.2. The summed E-state index contributed by atoms with van der Waals surface area (Å²) < 4.78 is 21.6. The molecule has 0 radical (unpaired) electrons. The van der Waals surface area contributed by atoms with Crippen molar-refractivity contribution in [3.63, 3.8) is 0 Å². The van der Waals surface area contributed by atoms with Crippen LogP contribution in [0.4, 0.5) is 17.3 Å². The van der Waals surface area contributed by atoms with Gasteiger partial charge in [0.2, 0.25) is 10.0 Å². The van der Waals surface area contributed by atoms with Crippen molar-refractivity contribution in [2.45, 2.75) is 13.3 Å². The Balaban J connectivity index is 2.82. The van der Waals surface area contributed by atoms with Crippen LogP contribution >= 0.6 is 0 Å².